The van der Waals surface area contributed by atoms with Crippen LogP contribution >= 0.6 is 0 Å². The summed E-state index contributed by atoms with van der Waals surface area (Å²) in [5, 5.41) is 12.7. The van der Waals surface area contributed by atoms with Gasteiger partial charge >= 0.3 is 0 Å². The van der Waals surface area contributed by atoms with Crippen LogP contribution in [0.1, 0.15) is 25.0 Å². The zero-order chi connectivity index (χ0) is 18.5. The molecule has 3 rings (SSSR count). The number of aromatic nitrogens is 1. The number of nitrogens with zero attached hydrogens (tertiary/aromatic N) is 2. The van der Waals surface area contributed by atoms with Crippen molar-refractivity contribution < 1.29 is 14.7 Å². The average molecular weight is 353 g/mol. The van der Waals surface area contributed by atoms with Crippen LogP contribution in [-0.2, 0) is 9.59 Å². The fourth-order valence-electron chi connectivity index (χ4n) is 3.05. The van der Waals surface area contributed by atoms with Crippen molar-refractivity contribution in [3.63, 3.8) is 0 Å². The number of nitrogens with one attached hydrogen (secondary N) is 1. The van der Waals surface area contributed by atoms with E-state index < -0.39 is 6.10 Å². The normalized spacial score (nSPS) is 17.7. The summed E-state index contributed by atoms with van der Waals surface area (Å²) in [5.41, 5.74) is 3.26. The SMILES string of the molecule is Cc1ncc(-c2ccccc2)cc1NC(=O)CN1CCCCC(O)C1=O. The molecule has 6 nitrogen and oxygen atoms in total. The number of carbonyl (C=O) groups is 2. The second kappa shape index (κ2) is 8.10. The lowest BCUT2D eigenvalue weighted by Gasteiger charge is -2.21. The number of anilines is 1. The van der Waals surface area contributed by atoms with E-state index in [-0.39, 0.29) is 18.4 Å². The summed E-state index contributed by atoms with van der Waals surface area (Å²) in [6, 6.07) is 11.7. The molecule has 1 atom stereocenters. The topological polar surface area (TPSA) is 82.5 Å². The van der Waals surface area contributed by atoms with Gasteiger partial charge in [-0.3, -0.25) is 14.6 Å². The van der Waals surface area contributed by atoms with E-state index in [1.165, 1.54) is 4.90 Å². The molecular weight excluding hydrogens is 330 g/mol. The quantitative estimate of drug-likeness (QED) is 0.884. The van der Waals surface area contributed by atoms with Crippen LogP contribution in [0.15, 0.2) is 42.6 Å². The molecule has 0 radical (unpaired) electrons. The molecule has 6 heteroatoms. The first-order valence-electron chi connectivity index (χ1n) is 8.83. The summed E-state index contributed by atoms with van der Waals surface area (Å²) < 4.78 is 0. The minimum Gasteiger partial charge on any atom is -0.383 e. The van der Waals surface area contributed by atoms with Crippen molar-refractivity contribution in [1.29, 1.82) is 0 Å². The van der Waals surface area contributed by atoms with Crippen molar-refractivity contribution in [3.05, 3.63) is 48.3 Å². The van der Waals surface area contributed by atoms with Crippen LogP contribution in [0.3, 0.4) is 0 Å². The smallest absolute Gasteiger partial charge is 0.251 e. The Morgan fingerprint density at radius 3 is 2.81 bits per heavy atom. The summed E-state index contributed by atoms with van der Waals surface area (Å²) in [7, 11) is 0. The molecule has 1 aliphatic heterocycles. The molecule has 0 bridgehead atoms. The van der Waals surface area contributed by atoms with Gasteiger partial charge in [0.1, 0.15) is 6.10 Å². The third kappa shape index (κ3) is 4.26. The molecule has 2 amide bonds. The Kier molecular flexibility index (Phi) is 5.63. The lowest BCUT2D eigenvalue weighted by atomic mass is 10.1. The van der Waals surface area contributed by atoms with Gasteiger partial charge in [-0.2, -0.15) is 0 Å². The Morgan fingerprint density at radius 1 is 1.27 bits per heavy atom. The highest BCUT2D eigenvalue weighted by molar-refractivity contribution is 5.96. The predicted octanol–water partition coefficient (Wildman–Crippen LogP) is 2.37. The molecule has 136 valence electrons. The fourth-order valence-corrected chi connectivity index (χ4v) is 3.05. The Bertz CT molecular complexity index is 792. The molecular formula is C20H23N3O3. The molecule has 1 aromatic carbocycles. The van der Waals surface area contributed by atoms with Gasteiger partial charge in [0.25, 0.3) is 5.91 Å². The van der Waals surface area contributed by atoms with Gasteiger partial charge in [0.05, 0.1) is 17.9 Å². The average Bonchev–Trinajstić information content (AvgIpc) is 2.80. The second-order valence-corrected chi connectivity index (χ2v) is 6.54. The van der Waals surface area contributed by atoms with Crippen molar-refractivity contribution in [2.45, 2.75) is 32.3 Å². The van der Waals surface area contributed by atoms with Crippen LogP contribution < -0.4 is 5.32 Å². The number of likely N-dealkylation sites (tertiary alicyclic amines) is 1. The molecule has 0 aliphatic carbocycles. The fraction of sp³-hybridized carbons (Fsp3) is 0.350. The largest absolute Gasteiger partial charge is 0.383 e. The number of pyridine rings is 1. The Hall–Kier alpha value is -2.73. The highest BCUT2D eigenvalue weighted by atomic mass is 16.3. The van der Waals surface area contributed by atoms with E-state index in [4.69, 9.17) is 0 Å². The van der Waals surface area contributed by atoms with Gasteiger partial charge in [0.15, 0.2) is 0 Å². The molecule has 0 spiro atoms. The van der Waals surface area contributed by atoms with E-state index in [0.717, 1.165) is 24.0 Å². The maximum atomic E-state index is 12.4. The molecule has 26 heavy (non-hydrogen) atoms. The van der Waals surface area contributed by atoms with Crippen LogP contribution in [0.2, 0.25) is 0 Å². The maximum absolute atomic E-state index is 12.4. The number of hydrogen-bond acceptors (Lipinski definition) is 4. The summed E-state index contributed by atoms with van der Waals surface area (Å²) in [5.74, 6) is -0.659. The van der Waals surface area contributed by atoms with Crippen molar-refractivity contribution in [2.75, 3.05) is 18.4 Å². The number of carbonyl (C=O) groups excluding carboxylic acids is 2. The highest BCUT2D eigenvalue weighted by Crippen LogP contribution is 2.23. The summed E-state index contributed by atoms with van der Waals surface area (Å²) in [6.45, 7) is 2.25. The van der Waals surface area contributed by atoms with Gasteiger partial charge in [0.2, 0.25) is 5.91 Å². The standard InChI is InChI=1S/C20H23N3O3/c1-14-17(11-16(12-21-14)15-7-3-2-4-8-15)22-19(25)13-23-10-6-5-9-18(24)20(23)26/h2-4,7-8,11-12,18,24H,5-6,9-10,13H2,1H3,(H,22,25). The number of aryl methyl sites for hydroxylation is 1. The zero-order valence-electron chi connectivity index (χ0n) is 14.8. The molecule has 1 unspecified atom stereocenters. The third-order valence-electron chi connectivity index (χ3n) is 4.55. The van der Waals surface area contributed by atoms with E-state index in [0.29, 0.717) is 24.3 Å². The highest BCUT2D eigenvalue weighted by Gasteiger charge is 2.26. The lowest BCUT2D eigenvalue weighted by Crippen LogP contribution is -2.42. The molecule has 1 saturated heterocycles. The monoisotopic (exact) mass is 353 g/mol. The molecule has 1 aromatic heterocycles. The van der Waals surface area contributed by atoms with E-state index >= 15 is 0 Å². The van der Waals surface area contributed by atoms with Crippen LogP contribution in [-0.4, -0.2) is 46.0 Å². The Balaban J connectivity index is 1.72. The maximum Gasteiger partial charge on any atom is 0.251 e. The summed E-state index contributed by atoms with van der Waals surface area (Å²) >= 11 is 0. The Morgan fingerprint density at radius 2 is 2.04 bits per heavy atom. The second-order valence-electron chi connectivity index (χ2n) is 6.54. The first-order valence-corrected chi connectivity index (χ1v) is 8.83. The number of rotatable bonds is 4. The van der Waals surface area contributed by atoms with Crippen LogP contribution in [0, 0.1) is 6.92 Å². The van der Waals surface area contributed by atoms with Gasteiger partial charge < -0.3 is 15.3 Å². The molecule has 2 N–H and O–H groups in total. The van der Waals surface area contributed by atoms with Crippen LogP contribution in [0.25, 0.3) is 11.1 Å². The first-order chi connectivity index (χ1) is 12.5. The van der Waals surface area contributed by atoms with E-state index in [9.17, 15) is 14.7 Å². The number of aliphatic hydroxyl groups is 1. The van der Waals surface area contributed by atoms with Gasteiger partial charge in [-0.25, -0.2) is 0 Å². The minimum atomic E-state index is -1.00. The van der Waals surface area contributed by atoms with Crippen molar-refractivity contribution in [2.24, 2.45) is 0 Å². The zero-order valence-corrected chi connectivity index (χ0v) is 14.8. The van der Waals surface area contributed by atoms with Gasteiger partial charge in [0, 0.05) is 18.3 Å². The van der Waals surface area contributed by atoms with Crippen molar-refractivity contribution >= 4 is 17.5 Å². The number of amides is 2. The van der Waals surface area contributed by atoms with E-state index in [1.807, 2.05) is 43.3 Å². The van der Waals surface area contributed by atoms with Gasteiger partial charge in [-0.15, -0.1) is 0 Å². The van der Waals surface area contributed by atoms with E-state index in [1.54, 1.807) is 6.20 Å². The summed E-state index contributed by atoms with van der Waals surface area (Å²) in [4.78, 5) is 30.3. The van der Waals surface area contributed by atoms with Crippen molar-refractivity contribution in [3.8, 4) is 11.1 Å². The molecule has 1 aliphatic rings. The third-order valence-corrected chi connectivity index (χ3v) is 4.55. The summed E-state index contributed by atoms with van der Waals surface area (Å²) in [6.07, 6.45) is 2.80. The predicted molar refractivity (Wildman–Crippen MR) is 99.5 cm³/mol. The molecule has 2 aromatic rings. The number of benzene rings is 1. The molecule has 2 heterocycles. The van der Waals surface area contributed by atoms with Gasteiger partial charge in [-0.1, -0.05) is 30.3 Å². The van der Waals surface area contributed by atoms with Gasteiger partial charge in [-0.05, 0) is 37.8 Å². The lowest BCUT2D eigenvalue weighted by molar-refractivity contribution is -0.141. The van der Waals surface area contributed by atoms with E-state index in [2.05, 4.69) is 10.3 Å². The minimum absolute atomic E-state index is 0.0646. The first kappa shape index (κ1) is 18.1. The number of hydrogen-bond donors (Lipinski definition) is 2. The Labute approximate surface area is 152 Å². The molecule has 0 saturated carbocycles. The number of aliphatic hydroxyl groups excluding tert-OH is 1. The van der Waals surface area contributed by atoms with Crippen molar-refractivity contribution in [1.82, 2.24) is 9.88 Å². The van der Waals surface area contributed by atoms with Crippen LogP contribution in [0.5, 0.6) is 0 Å². The molecule has 1 fully saturated rings. The van der Waals surface area contributed by atoms with Crippen LogP contribution in [0.4, 0.5) is 5.69 Å².